The molecule has 0 bridgehead atoms. The standard InChI is InChI=1S/C16H24N2O2S.ClH/c1-16(2,3)12-6-4-11(5-7-12)14(19)8-17-15(20)13-9-21-10-18-13;/h4-7,13-14,18-19H,8-10H2,1-3H3,(H,17,20);1H/t13-,14?;/m1./s1. The van der Waals surface area contributed by atoms with Crippen molar-refractivity contribution in [2.24, 2.45) is 0 Å². The predicted molar refractivity (Wildman–Crippen MR) is 94.6 cm³/mol. The molecule has 1 aromatic carbocycles. The molecule has 0 saturated carbocycles. The van der Waals surface area contributed by atoms with E-state index in [2.05, 4.69) is 31.4 Å². The molecule has 2 rings (SSSR count). The molecule has 2 atom stereocenters. The molecule has 1 saturated heterocycles. The Kier molecular flexibility index (Phi) is 7.19. The average Bonchev–Trinajstić information content (AvgIpc) is 2.98. The average molecular weight is 345 g/mol. The van der Waals surface area contributed by atoms with Gasteiger partial charge in [-0.3, -0.25) is 10.1 Å². The minimum absolute atomic E-state index is 0. The second kappa shape index (κ2) is 8.20. The number of rotatable bonds is 4. The monoisotopic (exact) mass is 344 g/mol. The van der Waals surface area contributed by atoms with Crippen LogP contribution in [0.4, 0.5) is 0 Å². The Morgan fingerprint density at radius 2 is 2.05 bits per heavy atom. The molecule has 3 N–H and O–H groups in total. The first-order chi connectivity index (χ1) is 9.88. The normalized spacial score (nSPS) is 19.4. The lowest BCUT2D eigenvalue weighted by molar-refractivity contribution is -0.122. The molecule has 124 valence electrons. The van der Waals surface area contributed by atoms with Crippen LogP contribution in [0.2, 0.25) is 0 Å². The van der Waals surface area contributed by atoms with E-state index >= 15 is 0 Å². The van der Waals surface area contributed by atoms with Gasteiger partial charge in [0.05, 0.1) is 12.1 Å². The number of hydrogen-bond acceptors (Lipinski definition) is 4. The zero-order valence-corrected chi connectivity index (χ0v) is 14.9. The summed E-state index contributed by atoms with van der Waals surface area (Å²) in [6.45, 7) is 6.72. The molecule has 1 fully saturated rings. The second-order valence-electron chi connectivity index (χ2n) is 6.40. The molecule has 1 heterocycles. The minimum Gasteiger partial charge on any atom is -0.387 e. The number of halogens is 1. The lowest BCUT2D eigenvalue weighted by atomic mass is 9.86. The Morgan fingerprint density at radius 3 is 2.55 bits per heavy atom. The van der Waals surface area contributed by atoms with Gasteiger partial charge in [-0.05, 0) is 16.5 Å². The first kappa shape index (κ1) is 19.3. The van der Waals surface area contributed by atoms with Gasteiger partial charge in [-0.2, -0.15) is 0 Å². The first-order valence-corrected chi connectivity index (χ1v) is 8.41. The molecule has 22 heavy (non-hydrogen) atoms. The third kappa shape index (κ3) is 5.16. The fourth-order valence-electron chi connectivity index (χ4n) is 2.21. The van der Waals surface area contributed by atoms with Gasteiger partial charge < -0.3 is 10.4 Å². The summed E-state index contributed by atoms with van der Waals surface area (Å²) in [4.78, 5) is 11.9. The van der Waals surface area contributed by atoms with Crippen molar-refractivity contribution in [3.05, 3.63) is 35.4 Å². The molecule has 1 aliphatic rings. The number of carbonyl (C=O) groups is 1. The van der Waals surface area contributed by atoms with Crippen LogP contribution >= 0.6 is 24.2 Å². The van der Waals surface area contributed by atoms with Gasteiger partial charge in [-0.25, -0.2) is 0 Å². The molecule has 6 heteroatoms. The van der Waals surface area contributed by atoms with E-state index in [0.29, 0.717) is 0 Å². The van der Waals surface area contributed by atoms with Crippen LogP contribution < -0.4 is 10.6 Å². The minimum atomic E-state index is -0.669. The third-order valence-corrected chi connectivity index (χ3v) is 4.60. The molecular weight excluding hydrogens is 320 g/mol. The van der Waals surface area contributed by atoms with Crippen LogP contribution in [0.3, 0.4) is 0 Å². The fraction of sp³-hybridized carbons (Fsp3) is 0.562. The zero-order chi connectivity index (χ0) is 15.5. The number of nitrogens with one attached hydrogen (secondary N) is 2. The maximum atomic E-state index is 11.9. The Bertz CT molecular complexity index is 482. The smallest absolute Gasteiger partial charge is 0.238 e. The van der Waals surface area contributed by atoms with Gasteiger partial charge in [0.1, 0.15) is 0 Å². The Morgan fingerprint density at radius 1 is 1.41 bits per heavy atom. The lowest BCUT2D eigenvalue weighted by Gasteiger charge is -2.20. The predicted octanol–water partition coefficient (Wildman–Crippen LogP) is 2.22. The summed E-state index contributed by atoms with van der Waals surface area (Å²) in [5.41, 5.74) is 2.16. The molecule has 1 aromatic rings. The number of thioether (sulfide) groups is 1. The Labute approximate surface area is 142 Å². The van der Waals surface area contributed by atoms with Crippen LogP contribution in [0.15, 0.2) is 24.3 Å². The van der Waals surface area contributed by atoms with Gasteiger partial charge in [-0.1, -0.05) is 45.0 Å². The van der Waals surface area contributed by atoms with Gasteiger partial charge in [0, 0.05) is 18.2 Å². The highest BCUT2D eigenvalue weighted by Crippen LogP contribution is 2.23. The number of hydrogen-bond donors (Lipinski definition) is 3. The molecule has 0 spiro atoms. The van der Waals surface area contributed by atoms with Crippen LogP contribution in [0.1, 0.15) is 38.0 Å². The van der Waals surface area contributed by atoms with Crippen molar-refractivity contribution >= 4 is 30.1 Å². The van der Waals surface area contributed by atoms with E-state index in [1.165, 1.54) is 5.56 Å². The highest BCUT2D eigenvalue weighted by Gasteiger charge is 2.23. The van der Waals surface area contributed by atoms with Crippen molar-refractivity contribution in [2.75, 3.05) is 18.2 Å². The molecule has 0 aliphatic carbocycles. The van der Waals surface area contributed by atoms with Crippen LogP contribution in [0, 0.1) is 0 Å². The van der Waals surface area contributed by atoms with Gasteiger partial charge in [0.15, 0.2) is 0 Å². The van der Waals surface area contributed by atoms with E-state index in [9.17, 15) is 9.90 Å². The maximum Gasteiger partial charge on any atom is 0.238 e. The molecule has 1 unspecified atom stereocenters. The zero-order valence-electron chi connectivity index (χ0n) is 13.3. The van der Waals surface area contributed by atoms with Gasteiger partial charge in [0.25, 0.3) is 0 Å². The quantitative estimate of drug-likeness (QED) is 0.783. The summed E-state index contributed by atoms with van der Waals surface area (Å²) in [6, 6.07) is 7.80. The SMILES string of the molecule is CC(C)(C)c1ccc(C(O)CNC(=O)[C@H]2CSCN2)cc1.Cl. The summed E-state index contributed by atoms with van der Waals surface area (Å²) in [7, 11) is 0. The highest BCUT2D eigenvalue weighted by atomic mass is 35.5. The van der Waals surface area contributed by atoms with Crippen molar-refractivity contribution in [2.45, 2.75) is 38.3 Å². The highest BCUT2D eigenvalue weighted by molar-refractivity contribution is 7.99. The van der Waals surface area contributed by atoms with Crippen molar-refractivity contribution in [1.29, 1.82) is 0 Å². The summed E-state index contributed by atoms with van der Waals surface area (Å²) in [5.74, 6) is 1.57. The number of aliphatic hydroxyl groups is 1. The molecule has 0 aromatic heterocycles. The molecule has 1 aliphatic heterocycles. The van der Waals surface area contributed by atoms with Gasteiger partial charge in [-0.15, -0.1) is 24.2 Å². The van der Waals surface area contributed by atoms with Crippen molar-refractivity contribution in [3.8, 4) is 0 Å². The Hall–Kier alpha value is -0.750. The maximum absolute atomic E-state index is 11.9. The fourth-order valence-corrected chi connectivity index (χ4v) is 3.15. The van der Waals surface area contributed by atoms with E-state index < -0.39 is 6.10 Å². The van der Waals surface area contributed by atoms with E-state index in [-0.39, 0.29) is 36.3 Å². The van der Waals surface area contributed by atoms with E-state index in [4.69, 9.17) is 0 Å². The summed E-state index contributed by atoms with van der Waals surface area (Å²) >= 11 is 1.71. The second-order valence-corrected chi connectivity index (χ2v) is 7.44. The summed E-state index contributed by atoms with van der Waals surface area (Å²) in [5, 5.41) is 16.1. The number of benzene rings is 1. The first-order valence-electron chi connectivity index (χ1n) is 7.25. The van der Waals surface area contributed by atoms with Crippen molar-refractivity contribution in [1.82, 2.24) is 10.6 Å². The lowest BCUT2D eigenvalue weighted by Crippen LogP contribution is -2.43. The molecule has 1 amide bonds. The molecular formula is C16H25ClN2O2S. The van der Waals surface area contributed by atoms with Gasteiger partial charge in [0.2, 0.25) is 5.91 Å². The largest absolute Gasteiger partial charge is 0.387 e. The number of amides is 1. The third-order valence-electron chi connectivity index (χ3n) is 3.66. The van der Waals surface area contributed by atoms with E-state index in [1.807, 2.05) is 24.3 Å². The summed E-state index contributed by atoms with van der Waals surface area (Å²) in [6.07, 6.45) is -0.669. The van der Waals surface area contributed by atoms with Crippen LogP contribution in [-0.2, 0) is 10.2 Å². The van der Waals surface area contributed by atoms with Crippen molar-refractivity contribution in [3.63, 3.8) is 0 Å². The van der Waals surface area contributed by atoms with Crippen molar-refractivity contribution < 1.29 is 9.90 Å². The van der Waals surface area contributed by atoms with E-state index in [0.717, 1.165) is 17.2 Å². The summed E-state index contributed by atoms with van der Waals surface area (Å²) < 4.78 is 0. The van der Waals surface area contributed by atoms with Crippen LogP contribution in [0.25, 0.3) is 0 Å². The van der Waals surface area contributed by atoms with Gasteiger partial charge >= 0.3 is 0 Å². The number of carbonyl (C=O) groups excluding carboxylic acids is 1. The molecule has 4 nitrogen and oxygen atoms in total. The van der Waals surface area contributed by atoms with Crippen LogP contribution in [0.5, 0.6) is 0 Å². The number of aliphatic hydroxyl groups excluding tert-OH is 1. The molecule has 0 radical (unpaired) electrons. The van der Waals surface area contributed by atoms with E-state index in [1.54, 1.807) is 11.8 Å². The van der Waals surface area contributed by atoms with Crippen LogP contribution in [-0.4, -0.2) is 35.2 Å². The Balaban J connectivity index is 0.00000242. The topological polar surface area (TPSA) is 61.4 Å².